The Labute approximate surface area is 330 Å². The smallest absolute Gasteiger partial charge is 0.164 e. The second-order valence-electron chi connectivity index (χ2n) is 14.3. The second-order valence-corrected chi connectivity index (χ2v) is 15.3. The Kier molecular flexibility index (Phi) is 7.03. The zero-order valence-corrected chi connectivity index (χ0v) is 31.2. The molecule has 0 fully saturated rings. The van der Waals surface area contributed by atoms with Crippen molar-refractivity contribution in [2.75, 3.05) is 0 Å². The average Bonchev–Trinajstić information content (AvgIpc) is 3.97. The third kappa shape index (κ3) is 4.91. The molecule has 266 valence electrons. The van der Waals surface area contributed by atoms with E-state index in [1.165, 1.54) is 47.7 Å². The molecule has 0 atom stereocenters. The summed E-state index contributed by atoms with van der Waals surface area (Å²) in [6.45, 7) is 0. The van der Waals surface area contributed by atoms with Gasteiger partial charge in [0, 0.05) is 64.8 Å². The molecular weight excluding hydrogens is 717 g/mol. The van der Waals surface area contributed by atoms with Crippen LogP contribution in [0.25, 0.3) is 115 Å². The Hall–Kier alpha value is -7.41. The van der Waals surface area contributed by atoms with Gasteiger partial charge in [-0.3, -0.25) is 0 Å². The number of thiophene rings is 1. The van der Waals surface area contributed by atoms with Crippen LogP contribution in [0.3, 0.4) is 0 Å². The van der Waals surface area contributed by atoms with Gasteiger partial charge in [0.05, 0.1) is 21.4 Å². The van der Waals surface area contributed by atoms with E-state index in [4.69, 9.17) is 19.4 Å². The number of hydrogen-bond donors (Lipinski definition) is 0. The van der Waals surface area contributed by atoms with E-state index < -0.39 is 0 Å². The highest BCUT2D eigenvalue weighted by atomic mass is 32.1. The number of furan rings is 1. The highest BCUT2D eigenvalue weighted by Gasteiger charge is 2.22. The zero-order chi connectivity index (χ0) is 37.5. The van der Waals surface area contributed by atoms with Crippen molar-refractivity contribution in [3.05, 3.63) is 182 Å². The molecule has 12 rings (SSSR count). The summed E-state index contributed by atoms with van der Waals surface area (Å²) in [6.07, 6.45) is 0. The molecule has 0 spiro atoms. The van der Waals surface area contributed by atoms with Crippen LogP contribution < -0.4 is 0 Å². The number of hydrogen-bond acceptors (Lipinski definition) is 5. The molecule has 12 aromatic rings. The maximum Gasteiger partial charge on any atom is 0.164 e. The lowest BCUT2D eigenvalue weighted by atomic mass is 9.99. The first-order chi connectivity index (χ1) is 28.3. The van der Waals surface area contributed by atoms with E-state index >= 15 is 0 Å². The summed E-state index contributed by atoms with van der Waals surface area (Å²) in [5.74, 6) is 1.86. The molecule has 0 amide bonds. The minimum absolute atomic E-state index is 0.602. The van der Waals surface area contributed by atoms with Gasteiger partial charge in [0.1, 0.15) is 11.2 Å². The quantitative estimate of drug-likeness (QED) is 0.176. The number of para-hydroxylation sites is 3. The summed E-state index contributed by atoms with van der Waals surface area (Å²) in [7, 11) is 0. The minimum atomic E-state index is 0.602. The summed E-state index contributed by atoms with van der Waals surface area (Å²) in [6, 6.07) is 63.6. The van der Waals surface area contributed by atoms with E-state index in [1.807, 2.05) is 84.1 Å². The standard InChI is InChI=1S/C51H30N4OS/c1-3-15-31(16-4-1)49-52-50(32-17-5-2-6-18-32)54-51(53-49)40-26-14-30-44-45(40)39-25-11-21-35(46(39)56-44)36-22-12-23-37-38-24-13-29-43(48(38)57-47(36)37)55-41-27-9-7-19-33(41)34-20-8-10-28-42(34)55/h1-30H. The van der Waals surface area contributed by atoms with Crippen LogP contribution in [0.1, 0.15) is 0 Å². The molecule has 0 radical (unpaired) electrons. The van der Waals surface area contributed by atoms with Crippen molar-refractivity contribution in [1.29, 1.82) is 0 Å². The molecule has 0 N–H and O–H groups in total. The fourth-order valence-electron chi connectivity index (χ4n) is 8.55. The third-order valence-electron chi connectivity index (χ3n) is 11.1. The highest BCUT2D eigenvalue weighted by Crippen LogP contribution is 2.47. The minimum Gasteiger partial charge on any atom is -0.455 e. The van der Waals surface area contributed by atoms with Gasteiger partial charge in [0.2, 0.25) is 0 Å². The Balaban J connectivity index is 1.07. The number of nitrogens with zero attached hydrogens (tertiary/aromatic N) is 4. The Morgan fingerprint density at radius 2 is 0.895 bits per heavy atom. The van der Waals surface area contributed by atoms with Crippen LogP contribution in [0.15, 0.2) is 186 Å². The van der Waals surface area contributed by atoms with Gasteiger partial charge >= 0.3 is 0 Å². The van der Waals surface area contributed by atoms with E-state index in [0.29, 0.717) is 17.5 Å². The van der Waals surface area contributed by atoms with Crippen LogP contribution in [0.5, 0.6) is 0 Å². The van der Waals surface area contributed by atoms with Gasteiger partial charge in [-0.1, -0.05) is 158 Å². The van der Waals surface area contributed by atoms with Gasteiger partial charge in [0.25, 0.3) is 0 Å². The van der Waals surface area contributed by atoms with Gasteiger partial charge in [-0.25, -0.2) is 15.0 Å². The molecule has 5 nitrogen and oxygen atoms in total. The van der Waals surface area contributed by atoms with E-state index in [-0.39, 0.29) is 0 Å². The first-order valence-corrected chi connectivity index (χ1v) is 19.8. The summed E-state index contributed by atoms with van der Waals surface area (Å²) in [5.41, 5.74) is 10.2. The van der Waals surface area contributed by atoms with Gasteiger partial charge in [-0.2, -0.15) is 0 Å². The first-order valence-electron chi connectivity index (χ1n) is 19.0. The molecule has 6 heteroatoms. The van der Waals surface area contributed by atoms with Crippen molar-refractivity contribution in [2.45, 2.75) is 0 Å². The zero-order valence-electron chi connectivity index (χ0n) is 30.4. The second kappa shape index (κ2) is 12.6. The van der Waals surface area contributed by atoms with Crippen molar-refractivity contribution in [1.82, 2.24) is 19.5 Å². The first kappa shape index (κ1) is 31.9. The normalized spacial score (nSPS) is 11.9. The number of rotatable bonds is 5. The van der Waals surface area contributed by atoms with Gasteiger partial charge in [-0.05, 0) is 24.3 Å². The molecule has 4 aromatic heterocycles. The van der Waals surface area contributed by atoms with E-state index in [2.05, 4.69) is 114 Å². The molecule has 0 unspecified atom stereocenters. The van der Waals surface area contributed by atoms with Crippen molar-refractivity contribution in [3.8, 4) is 51.0 Å². The predicted octanol–water partition coefficient (Wildman–Crippen LogP) is 13.9. The summed E-state index contributed by atoms with van der Waals surface area (Å²) >= 11 is 1.85. The average molecular weight is 747 g/mol. The summed E-state index contributed by atoms with van der Waals surface area (Å²) in [4.78, 5) is 15.1. The summed E-state index contributed by atoms with van der Waals surface area (Å²) in [5, 5.41) is 6.99. The van der Waals surface area contributed by atoms with E-state index in [0.717, 1.165) is 49.8 Å². The lowest BCUT2D eigenvalue weighted by Gasteiger charge is -2.09. The van der Waals surface area contributed by atoms with Crippen LogP contribution in [-0.4, -0.2) is 19.5 Å². The van der Waals surface area contributed by atoms with Crippen molar-refractivity contribution in [3.63, 3.8) is 0 Å². The molecule has 0 bridgehead atoms. The van der Waals surface area contributed by atoms with Gasteiger partial charge in [-0.15, -0.1) is 11.3 Å². The molecule has 8 aromatic carbocycles. The number of fused-ring (bicyclic) bond motifs is 9. The highest BCUT2D eigenvalue weighted by molar-refractivity contribution is 7.26. The molecule has 4 heterocycles. The molecular formula is C51H30N4OS. The van der Waals surface area contributed by atoms with Crippen LogP contribution in [0, 0.1) is 0 Å². The third-order valence-corrected chi connectivity index (χ3v) is 12.4. The monoisotopic (exact) mass is 746 g/mol. The lowest BCUT2D eigenvalue weighted by Crippen LogP contribution is -2.00. The summed E-state index contributed by atoms with van der Waals surface area (Å²) < 4.78 is 11.8. The van der Waals surface area contributed by atoms with Crippen LogP contribution in [0.4, 0.5) is 0 Å². The maximum absolute atomic E-state index is 6.86. The molecule has 0 aliphatic rings. The van der Waals surface area contributed by atoms with Crippen molar-refractivity contribution in [2.24, 2.45) is 0 Å². The predicted molar refractivity (Wildman–Crippen MR) is 236 cm³/mol. The van der Waals surface area contributed by atoms with Crippen LogP contribution in [0.2, 0.25) is 0 Å². The Bertz CT molecular complexity index is 3420. The lowest BCUT2D eigenvalue weighted by molar-refractivity contribution is 0.670. The Morgan fingerprint density at radius 1 is 0.386 bits per heavy atom. The Morgan fingerprint density at radius 3 is 1.58 bits per heavy atom. The largest absolute Gasteiger partial charge is 0.455 e. The van der Waals surface area contributed by atoms with Gasteiger partial charge < -0.3 is 8.98 Å². The van der Waals surface area contributed by atoms with Crippen molar-refractivity contribution < 1.29 is 4.42 Å². The van der Waals surface area contributed by atoms with E-state index in [1.54, 1.807) is 0 Å². The number of benzene rings is 8. The maximum atomic E-state index is 6.86. The van der Waals surface area contributed by atoms with Crippen LogP contribution >= 0.6 is 11.3 Å². The number of aromatic nitrogens is 4. The molecule has 0 aliphatic heterocycles. The molecule has 0 aliphatic carbocycles. The van der Waals surface area contributed by atoms with E-state index in [9.17, 15) is 0 Å². The van der Waals surface area contributed by atoms with Crippen molar-refractivity contribution >= 4 is 75.3 Å². The molecule has 0 saturated heterocycles. The fourth-order valence-corrected chi connectivity index (χ4v) is 9.88. The van der Waals surface area contributed by atoms with Crippen LogP contribution in [-0.2, 0) is 0 Å². The molecule has 57 heavy (non-hydrogen) atoms. The SMILES string of the molecule is c1ccc(-c2nc(-c3ccccc3)nc(-c3cccc4oc5c(-c6cccc7c6sc6c(-n8c9ccccc9c9ccccc98)cccc67)cccc5c34)n2)cc1. The topological polar surface area (TPSA) is 56.7 Å². The fraction of sp³-hybridized carbons (Fsp3) is 0. The van der Waals surface area contributed by atoms with Gasteiger partial charge in [0.15, 0.2) is 17.5 Å². The molecule has 0 saturated carbocycles.